The number of aliphatic hydroxyl groups is 2. The van der Waals surface area contributed by atoms with Crippen LogP contribution in [0.2, 0.25) is 0 Å². The van der Waals surface area contributed by atoms with E-state index in [-0.39, 0.29) is 13.2 Å². The van der Waals surface area contributed by atoms with Crippen LogP contribution in [0, 0.1) is 0 Å². The van der Waals surface area contributed by atoms with E-state index in [1.165, 1.54) is 11.3 Å². The second-order valence-electron chi connectivity index (χ2n) is 5.97. The van der Waals surface area contributed by atoms with Crippen LogP contribution in [0.15, 0.2) is 16.9 Å². The van der Waals surface area contributed by atoms with E-state index in [0.29, 0.717) is 5.47 Å². The van der Waals surface area contributed by atoms with Crippen LogP contribution in [0.25, 0.3) is 6.08 Å². The maximum Gasteiger partial charge on any atom is 0.492 e. The molecule has 1 aliphatic heterocycles. The topological polar surface area (TPSA) is 58.9 Å². The Labute approximate surface area is 124 Å². The normalized spacial score (nSPS) is 21.5. The van der Waals surface area contributed by atoms with Gasteiger partial charge in [-0.05, 0) is 50.2 Å². The van der Waals surface area contributed by atoms with Crippen LogP contribution >= 0.6 is 11.3 Å². The molecule has 1 aromatic rings. The molecule has 1 aromatic heterocycles. The highest BCUT2D eigenvalue weighted by atomic mass is 32.1. The van der Waals surface area contributed by atoms with Gasteiger partial charge in [0.1, 0.15) is 0 Å². The lowest BCUT2D eigenvalue weighted by molar-refractivity contribution is 0.00578. The van der Waals surface area contributed by atoms with Gasteiger partial charge in [-0.3, -0.25) is 0 Å². The molecule has 0 radical (unpaired) electrons. The van der Waals surface area contributed by atoms with Crippen LogP contribution in [0.5, 0.6) is 0 Å². The molecular weight excluding hydrogens is 275 g/mol. The Morgan fingerprint density at radius 1 is 1.25 bits per heavy atom. The summed E-state index contributed by atoms with van der Waals surface area (Å²) in [7, 11) is -0.539. The molecular formula is C14H21BO4S. The number of thiophene rings is 1. The first kappa shape index (κ1) is 15.7. The Balaban J connectivity index is 2.21. The van der Waals surface area contributed by atoms with Crippen molar-refractivity contribution in [3.8, 4) is 0 Å². The van der Waals surface area contributed by atoms with E-state index in [9.17, 15) is 5.11 Å². The summed E-state index contributed by atoms with van der Waals surface area (Å²) in [5.41, 5.74) is 0.789. The first-order valence-corrected chi connectivity index (χ1v) is 7.52. The van der Waals surface area contributed by atoms with Crippen LogP contribution < -0.4 is 0 Å². The second-order valence-corrected chi connectivity index (χ2v) is 6.97. The van der Waals surface area contributed by atoms with Crippen molar-refractivity contribution in [3.05, 3.63) is 27.4 Å². The molecule has 2 rings (SSSR count). The Morgan fingerprint density at radius 3 is 2.30 bits per heavy atom. The fraction of sp³-hybridized carbons (Fsp3) is 0.571. The smallest absolute Gasteiger partial charge is 0.400 e. The monoisotopic (exact) mass is 296 g/mol. The first-order valence-electron chi connectivity index (χ1n) is 6.64. The molecule has 1 aliphatic rings. The molecule has 0 aliphatic carbocycles. The van der Waals surface area contributed by atoms with E-state index in [1.54, 1.807) is 0 Å². The molecule has 0 saturated carbocycles. The third-order valence-electron chi connectivity index (χ3n) is 3.92. The molecule has 20 heavy (non-hydrogen) atoms. The summed E-state index contributed by atoms with van der Waals surface area (Å²) < 4.78 is 11.9. The van der Waals surface area contributed by atoms with Gasteiger partial charge in [-0.2, -0.15) is 0 Å². The van der Waals surface area contributed by atoms with Crippen molar-refractivity contribution in [2.45, 2.75) is 45.5 Å². The van der Waals surface area contributed by atoms with Gasteiger partial charge in [0.15, 0.2) is 0 Å². The van der Waals surface area contributed by atoms with Crippen molar-refractivity contribution in [1.82, 2.24) is 0 Å². The second kappa shape index (κ2) is 5.62. The van der Waals surface area contributed by atoms with Gasteiger partial charge in [-0.1, -0.05) is 6.08 Å². The zero-order chi connectivity index (χ0) is 15.0. The van der Waals surface area contributed by atoms with Crippen molar-refractivity contribution in [3.63, 3.8) is 0 Å². The molecule has 1 fully saturated rings. The number of hydrogen-bond donors (Lipinski definition) is 2. The summed E-state index contributed by atoms with van der Waals surface area (Å²) >= 11 is 1.49. The lowest BCUT2D eigenvalue weighted by Gasteiger charge is -2.32. The molecule has 110 valence electrons. The number of rotatable bonds is 4. The standard InChI is InChI=1S/C14H21BO4S/c1-13(2)14(3,4)19-15(18-13)11(7-16)5-10-6-12(8-17)20-9-10/h5-6,9,16-17H,7-8H2,1-4H3. The first-order chi connectivity index (χ1) is 9.29. The van der Waals surface area contributed by atoms with E-state index in [2.05, 4.69) is 0 Å². The fourth-order valence-electron chi connectivity index (χ4n) is 1.95. The molecule has 0 bridgehead atoms. The summed E-state index contributed by atoms with van der Waals surface area (Å²) in [5, 5.41) is 20.6. The van der Waals surface area contributed by atoms with Gasteiger partial charge in [0, 0.05) is 4.88 Å². The zero-order valence-corrected chi connectivity index (χ0v) is 13.2. The van der Waals surface area contributed by atoms with Gasteiger partial charge in [-0.15, -0.1) is 11.3 Å². The van der Waals surface area contributed by atoms with Crippen molar-refractivity contribution in [2.24, 2.45) is 0 Å². The van der Waals surface area contributed by atoms with Gasteiger partial charge in [-0.25, -0.2) is 0 Å². The summed E-state index contributed by atoms with van der Waals surface area (Å²) in [6.07, 6.45) is 1.86. The van der Waals surface area contributed by atoms with Gasteiger partial charge in [0.05, 0.1) is 24.4 Å². The summed E-state index contributed by atoms with van der Waals surface area (Å²) in [6.45, 7) is 7.84. The Hall–Kier alpha value is -0.655. The van der Waals surface area contributed by atoms with E-state index in [1.807, 2.05) is 45.2 Å². The van der Waals surface area contributed by atoms with Crippen LogP contribution in [-0.4, -0.2) is 35.1 Å². The number of hydrogen-bond acceptors (Lipinski definition) is 5. The Bertz CT molecular complexity index is 491. The molecule has 2 heterocycles. The fourth-order valence-corrected chi connectivity index (χ4v) is 2.66. The summed E-state index contributed by atoms with van der Waals surface area (Å²) in [4.78, 5) is 0.891. The molecule has 1 saturated heterocycles. The lowest BCUT2D eigenvalue weighted by atomic mass is 9.78. The van der Waals surface area contributed by atoms with Crippen LogP contribution in [0.4, 0.5) is 0 Å². The van der Waals surface area contributed by atoms with Gasteiger partial charge >= 0.3 is 7.12 Å². The maximum absolute atomic E-state index is 9.58. The Morgan fingerprint density at radius 2 is 1.85 bits per heavy atom. The van der Waals surface area contributed by atoms with Crippen LogP contribution in [-0.2, 0) is 15.9 Å². The minimum absolute atomic E-state index is 0.0312. The summed E-state index contributed by atoms with van der Waals surface area (Å²) in [5.74, 6) is 0. The van der Waals surface area contributed by atoms with E-state index >= 15 is 0 Å². The molecule has 0 atom stereocenters. The molecule has 6 heteroatoms. The maximum atomic E-state index is 9.58. The van der Waals surface area contributed by atoms with Gasteiger partial charge in [0.2, 0.25) is 0 Å². The van der Waals surface area contributed by atoms with E-state index < -0.39 is 18.3 Å². The quantitative estimate of drug-likeness (QED) is 0.837. The van der Waals surface area contributed by atoms with Crippen LogP contribution in [0.3, 0.4) is 0 Å². The average Bonchev–Trinajstić information content (AvgIpc) is 2.89. The average molecular weight is 296 g/mol. The summed E-state index contributed by atoms with van der Waals surface area (Å²) in [6, 6.07) is 1.89. The van der Waals surface area contributed by atoms with Gasteiger partial charge in [0.25, 0.3) is 0 Å². The Kier molecular flexibility index (Phi) is 4.42. The number of aliphatic hydroxyl groups excluding tert-OH is 2. The molecule has 0 spiro atoms. The molecule has 0 aromatic carbocycles. The minimum Gasteiger partial charge on any atom is -0.400 e. The predicted molar refractivity (Wildman–Crippen MR) is 81.4 cm³/mol. The van der Waals surface area contributed by atoms with E-state index in [0.717, 1.165) is 10.4 Å². The largest absolute Gasteiger partial charge is 0.492 e. The lowest BCUT2D eigenvalue weighted by Crippen LogP contribution is -2.41. The molecule has 4 nitrogen and oxygen atoms in total. The van der Waals surface area contributed by atoms with Crippen molar-refractivity contribution in [1.29, 1.82) is 0 Å². The zero-order valence-electron chi connectivity index (χ0n) is 12.3. The molecule has 2 N–H and O–H groups in total. The van der Waals surface area contributed by atoms with Crippen molar-refractivity contribution in [2.75, 3.05) is 6.61 Å². The highest BCUT2D eigenvalue weighted by Crippen LogP contribution is 2.38. The van der Waals surface area contributed by atoms with Gasteiger partial charge < -0.3 is 19.5 Å². The third kappa shape index (κ3) is 2.99. The highest BCUT2D eigenvalue weighted by Gasteiger charge is 2.52. The third-order valence-corrected chi connectivity index (χ3v) is 4.86. The predicted octanol–water partition coefficient (Wildman–Crippen LogP) is 2.25. The van der Waals surface area contributed by atoms with E-state index in [4.69, 9.17) is 14.4 Å². The van der Waals surface area contributed by atoms with Crippen molar-refractivity contribution < 1.29 is 19.5 Å². The molecule has 0 unspecified atom stereocenters. The highest BCUT2D eigenvalue weighted by molar-refractivity contribution is 7.10. The minimum atomic E-state index is -0.539. The van der Waals surface area contributed by atoms with Crippen molar-refractivity contribution >= 4 is 24.5 Å². The SMILES string of the molecule is CC1(C)OB(C(=Cc2csc(CO)c2)CO)OC1(C)C. The molecule has 0 amide bonds. The van der Waals surface area contributed by atoms with Crippen LogP contribution in [0.1, 0.15) is 38.1 Å².